The van der Waals surface area contributed by atoms with Crippen molar-refractivity contribution < 1.29 is 9.55 Å². The number of nitrogens with zero attached hydrogens (tertiary/aromatic N) is 3. The van der Waals surface area contributed by atoms with Crippen molar-refractivity contribution in [1.29, 1.82) is 0 Å². The smallest absolute Gasteiger partial charge is 0.258 e. The summed E-state index contributed by atoms with van der Waals surface area (Å²) in [6, 6.07) is 3.07. The maximum absolute atomic E-state index is 10.8. The molecular formula is C9H8ClN3O3S. The zero-order chi connectivity index (χ0) is 12.3. The van der Waals surface area contributed by atoms with Crippen LogP contribution in [0.25, 0.3) is 11.0 Å². The van der Waals surface area contributed by atoms with E-state index < -0.39 is 4.92 Å². The summed E-state index contributed by atoms with van der Waals surface area (Å²) < 4.78 is 4.56. The fourth-order valence-electron chi connectivity index (χ4n) is 1.33. The Morgan fingerprint density at radius 1 is 1.41 bits per heavy atom. The van der Waals surface area contributed by atoms with E-state index in [9.17, 15) is 10.1 Å². The molecule has 6 nitrogen and oxygen atoms in total. The van der Waals surface area contributed by atoms with Crippen LogP contribution in [0, 0.1) is 10.1 Å². The highest BCUT2D eigenvalue weighted by Gasteiger charge is 2.19. The predicted octanol–water partition coefficient (Wildman–Crippen LogP) is 2.85. The zero-order valence-corrected chi connectivity index (χ0v) is 10.2. The summed E-state index contributed by atoms with van der Waals surface area (Å²) >= 11 is 7.11. The highest BCUT2D eigenvalue weighted by atomic mass is 35.5. The molecule has 2 aromatic rings. The molecule has 0 fully saturated rings. The van der Waals surface area contributed by atoms with E-state index in [0.717, 1.165) is 17.1 Å². The number of hydrogen-bond acceptors (Lipinski definition) is 6. The van der Waals surface area contributed by atoms with Crippen molar-refractivity contribution in [3.8, 4) is 0 Å². The van der Waals surface area contributed by atoms with E-state index in [-0.39, 0.29) is 11.2 Å². The predicted molar refractivity (Wildman–Crippen MR) is 64.5 cm³/mol. The van der Waals surface area contributed by atoms with Crippen LogP contribution in [0.4, 0.5) is 5.69 Å². The number of nitro groups is 1. The molecule has 2 rings (SSSR count). The molecule has 0 unspecified atom stereocenters. The van der Waals surface area contributed by atoms with E-state index in [4.69, 9.17) is 11.6 Å². The lowest BCUT2D eigenvalue weighted by atomic mass is 10.3. The van der Waals surface area contributed by atoms with Crippen LogP contribution in [0.5, 0.6) is 0 Å². The highest BCUT2D eigenvalue weighted by Crippen LogP contribution is 2.31. The van der Waals surface area contributed by atoms with Crippen molar-refractivity contribution in [2.75, 3.05) is 11.6 Å². The number of fused-ring (bicyclic) bond motifs is 1. The van der Waals surface area contributed by atoms with E-state index in [1.807, 2.05) is 0 Å². The molecular weight excluding hydrogens is 266 g/mol. The molecule has 0 radical (unpaired) electrons. The lowest BCUT2D eigenvalue weighted by Gasteiger charge is -2.00. The molecule has 0 aliphatic rings. The van der Waals surface area contributed by atoms with Gasteiger partial charge >= 0.3 is 5.69 Å². The molecule has 0 N–H and O–H groups in total. The topological polar surface area (TPSA) is 82.1 Å². The van der Waals surface area contributed by atoms with Crippen LogP contribution < -0.4 is 0 Å². The van der Waals surface area contributed by atoms with Crippen LogP contribution in [0.1, 0.15) is 6.42 Å². The number of aromatic nitrogens is 2. The number of rotatable bonds is 5. The van der Waals surface area contributed by atoms with Gasteiger partial charge in [0.1, 0.15) is 0 Å². The standard InChI is InChI=1S/C9H8ClN3O3S/c10-4-1-5-17-7-3-2-6(13(14)15)8-9(7)12-16-11-8/h2-3H,1,4-5H2. The summed E-state index contributed by atoms with van der Waals surface area (Å²) in [4.78, 5) is 11.1. The van der Waals surface area contributed by atoms with Crippen molar-refractivity contribution in [2.24, 2.45) is 0 Å². The first kappa shape index (κ1) is 12.1. The quantitative estimate of drug-likeness (QED) is 0.274. The molecule has 8 heteroatoms. The minimum absolute atomic E-state index is 0.0945. The third-order valence-corrected chi connectivity index (χ3v) is 3.49. The molecule has 1 heterocycles. The second-order valence-electron chi connectivity index (χ2n) is 3.19. The Morgan fingerprint density at radius 3 is 2.88 bits per heavy atom. The van der Waals surface area contributed by atoms with Crippen LogP contribution in [0.2, 0.25) is 0 Å². The Kier molecular flexibility index (Phi) is 3.80. The molecule has 0 amide bonds. The van der Waals surface area contributed by atoms with Crippen LogP contribution in [0.15, 0.2) is 21.7 Å². The maximum Gasteiger partial charge on any atom is 0.300 e. The summed E-state index contributed by atoms with van der Waals surface area (Å²) in [5.74, 6) is 1.41. The summed E-state index contributed by atoms with van der Waals surface area (Å²) in [6.07, 6.45) is 0.857. The monoisotopic (exact) mass is 273 g/mol. The second-order valence-corrected chi connectivity index (χ2v) is 4.71. The Balaban J connectivity index is 2.36. The van der Waals surface area contributed by atoms with Crippen molar-refractivity contribution in [3.63, 3.8) is 0 Å². The molecule has 90 valence electrons. The largest absolute Gasteiger partial charge is 0.300 e. The molecule has 0 saturated carbocycles. The minimum Gasteiger partial charge on any atom is -0.258 e. The third-order valence-electron chi connectivity index (χ3n) is 2.09. The first-order valence-corrected chi connectivity index (χ1v) is 6.34. The van der Waals surface area contributed by atoms with E-state index in [1.54, 1.807) is 6.07 Å². The number of benzene rings is 1. The van der Waals surface area contributed by atoms with Crippen LogP contribution >= 0.6 is 23.4 Å². The van der Waals surface area contributed by atoms with Crippen molar-refractivity contribution in [1.82, 2.24) is 10.3 Å². The van der Waals surface area contributed by atoms with Gasteiger partial charge in [0.15, 0.2) is 5.52 Å². The van der Waals surface area contributed by atoms with Crippen molar-refractivity contribution >= 4 is 40.1 Å². The zero-order valence-electron chi connectivity index (χ0n) is 8.63. The SMILES string of the molecule is O=[N+]([O-])c1ccc(SCCCCl)c2nonc12. The number of hydrogen-bond donors (Lipinski definition) is 0. The Morgan fingerprint density at radius 2 is 2.18 bits per heavy atom. The van der Waals surface area contributed by atoms with E-state index in [1.165, 1.54) is 17.8 Å². The number of halogens is 1. The van der Waals surface area contributed by atoms with Crippen LogP contribution in [0.3, 0.4) is 0 Å². The van der Waals surface area contributed by atoms with E-state index in [2.05, 4.69) is 14.9 Å². The summed E-state index contributed by atoms with van der Waals surface area (Å²) in [7, 11) is 0. The molecule has 0 spiro atoms. The van der Waals surface area contributed by atoms with Gasteiger partial charge in [-0.3, -0.25) is 10.1 Å². The second kappa shape index (κ2) is 5.33. The molecule has 0 saturated heterocycles. The summed E-state index contributed by atoms with van der Waals surface area (Å²) in [6.45, 7) is 0. The van der Waals surface area contributed by atoms with Gasteiger partial charge in [-0.05, 0) is 28.6 Å². The number of thioether (sulfide) groups is 1. The minimum atomic E-state index is -0.500. The van der Waals surface area contributed by atoms with Crippen LogP contribution in [-0.4, -0.2) is 26.9 Å². The average Bonchev–Trinajstić information content (AvgIpc) is 2.78. The van der Waals surface area contributed by atoms with Gasteiger partial charge in [-0.2, -0.15) is 0 Å². The molecule has 17 heavy (non-hydrogen) atoms. The third kappa shape index (κ3) is 2.50. The first-order chi connectivity index (χ1) is 8.24. The fraction of sp³-hybridized carbons (Fsp3) is 0.333. The van der Waals surface area contributed by atoms with Crippen molar-refractivity contribution in [3.05, 3.63) is 22.2 Å². The highest BCUT2D eigenvalue weighted by molar-refractivity contribution is 7.99. The summed E-state index contributed by atoms with van der Waals surface area (Å²) in [5, 5.41) is 18.0. The lowest BCUT2D eigenvalue weighted by molar-refractivity contribution is -0.383. The van der Waals surface area contributed by atoms with E-state index in [0.29, 0.717) is 11.4 Å². The van der Waals surface area contributed by atoms with Gasteiger partial charge in [-0.25, -0.2) is 4.63 Å². The summed E-state index contributed by atoms with van der Waals surface area (Å²) in [5.41, 5.74) is 0.521. The van der Waals surface area contributed by atoms with Gasteiger partial charge < -0.3 is 0 Å². The molecule has 0 aliphatic carbocycles. The molecule has 0 bridgehead atoms. The lowest BCUT2D eigenvalue weighted by Crippen LogP contribution is -1.90. The van der Waals surface area contributed by atoms with Gasteiger partial charge in [0.25, 0.3) is 0 Å². The van der Waals surface area contributed by atoms with Gasteiger partial charge in [0, 0.05) is 16.8 Å². The first-order valence-electron chi connectivity index (χ1n) is 4.82. The van der Waals surface area contributed by atoms with Gasteiger partial charge in [0.05, 0.1) is 4.92 Å². The van der Waals surface area contributed by atoms with Gasteiger partial charge in [0.2, 0.25) is 5.52 Å². The molecule has 1 aromatic heterocycles. The molecule has 0 atom stereocenters. The average molecular weight is 274 g/mol. The van der Waals surface area contributed by atoms with Gasteiger partial charge in [-0.15, -0.1) is 23.4 Å². The van der Waals surface area contributed by atoms with Crippen LogP contribution in [-0.2, 0) is 0 Å². The Labute approximate surface area is 105 Å². The normalized spacial score (nSPS) is 10.9. The van der Waals surface area contributed by atoms with Gasteiger partial charge in [-0.1, -0.05) is 0 Å². The fourth-order valence-corrected chi connectivity index (χ4v) is 2.57. The van der Waals surface area contributed by atoms with E-state index >= 15 is 0 Å². The van der Waals surface area contributed by atoms with Crippen molar-refractivity contribution in [2.45, 2.75) is 11.3 Å². The number of non-ortho nitro benzene ring substituents is 1. The number of nitro benzene ring substituents is 1. The number of alkyl halides is 1. The Hall–Kier alpha value is -1.34. The Bertz CT molecular complexity index is 545. The molecule has 0 aliphatic heterocycles. The molecule has 1 aromatic carbocycles. The maximum atomic E-state index is 10.8.